The second kappa shape index (κ2) is 9.26. The summed E-state index contributed by atoms with van der Waals surface area (Å²) in [4.78, 5) is 38.8. The molecule has 1 fully saturated rings. The largest absolute Gasteiger partial charge is 0.481 e. The maximum atomic E-state index is 13.1. The zero-order chi connectivity index (χ0) is 20.0. The fraction of sp³-hybridized carbons (Fsp3) is 0.550. The van der Waals surface area contributed by atoms with E-state index in [0.29, 0.717) is 31.4 Å². The summed E-state index contributed by atoms with van der Waals surface area (Å²) in [6, 6.07) is 6.58. The lowest BCUT2D eigenvalue weighted by molar-refractivity contribution is -0.154. The zero-order valence-electron chi connectivity index (χ0n) is 16.2. The predicted octanol–water partition coefficient (Wildman–Crippen LogP) is 2.56. The van der Waals surface area contributed by atoms with Gasteiger partial charge in [-0.1, -0.05) is 17.7 Å². The Morgan fingerprint density at radius 1 is 1.37 bits per heavy atom. The van der Waals surface area contributed by atoms with E-state index in [4.69, 9.17) is 0 Å². The number of nitrogens with one attached hydrogen (secondary N) is 1. The molecule has 1 aliphatic heterocycles. The molecule has 0 aromatic heterocycles. The maximum Gasteiger partial charge on any atom is 0.311 e. The average molecular weight is 393 g/mol. The molecule has 7 heteroatoms. The van der Waals surface area contributed by atoms with Crippen molar-refractivity contribution < 1.29 is 19.5 Å². The third kappa shape index (κ3) is 5.48. The van der Waals surface area contributed by atoms with Crippen molar-refractivity contribution in [1.29, 1.82) is 0 Å². The van der Waals surface area contributed by atoms with Crippen LogP contribution in [-0.4, -0.2) is 58.9 Å². The number of hydrogen-bond donors (Lipinski definition) is 2. The van der Waals surface area contributed by atoms with Crippen LogP contribution in [0.2, 0.25) is 0 Å². The summed E-state index contributed by atoms with van der Waals surface area (Å²) >= 11 is 1.61. The van der Waals surface area contributed by atoms with Gasteiger partial charge in [0.1, 0.15) is 6.04 Å². The van der Waals surface area contributed by atoms with Gasteiger partial charge in [0, 0.05) is 18.7 Å². The number of aryl methyl sites for hydroxylation is 1. The van der Waals surface area contributed by atoms with Crippen LogP contribution in [0.15, 0.2) is 24.3 Å². The van der Waals surface area contributed by atoms with Gasteiger partial charge in [-0.15, -0.1) is 0 Å². The van der Waals surface area contributed by atoms with E-state index < -0.39 is 17.4 Å². The molecule has 6 nitrogen and oxygen atoms in total. The minimum absolute atomic E-state index is 0.178. The number of amides is 2. The van der Waals surface area contributed by atoms with Gasteiger partial charge < -0.3 is 15.3 Å². The molecule has 0 spiro atoms. The second-order valence-electron chi connectivity index (χ2n) is 7.41. The van der Waals surface area contributed by atoms with Gasteiger partial charge in [-0.25, -0.2) is 0 Å². The topological polar surface area (TPSA) is 86.7 Å². The number of rotatable bonds is 7. The van der Waals surface area contributed by atoms with Gasteiger partial charge in [0.05, 0.1) is 5.41 Å². The Morgan fingerprint density at radius 2 is 2.11 bits per heavy atom. The summed E-state index contributed by atoms with van der Waals surface area (Å²) in [6.07, 6.45) is 3.66. The van der Waals surface area contributed by atoms with Crippen LogP contribution in [0.25, 0.3) is 0 Å². The molecule has 0 saturated carbocycles. The van der Waals surface area contributed by atoms with E-state index in [1.807, 2.05) is 25.3 Å². The van der Waals surface area contributed by atoms with Crippen molar-refractivity contribution in [2.45, 2.75) is 39.2 Å². The fourth-order valence-corrected chi connectivity index (χ4v) is 3.81. The number of thioether (sulfide) groups is 1. The predicted molar refractivity (Wildman–Crippen MR) is 107 cm³/mol. The Bertz CT molecular complexity index is 709. The monoisotopic (exact) mass is 392 g/mol. The van der Waals surface area contributed by atoms with Crippen LogP contribution in [0.4, 0.5) is 0 Å². The van der Waals surface area contributed by atoms with Crippen molar-refractivity contribution >= 4 is 29.5 Å². The van der Waals surface area contributed by atoms with Gasteiger partial charge in [-0.2, -0.15) is 11.8 Å². The quantitative estimate of drug-likeness (QED) is 0.745. The van der Waals surface area contributed by atoms with Crippen molar-refractivity contribution in [2.75, 3.05) is 25.1 Å². The summed E-state index contributed by atoms with van der Waals surface area (Å²) < 4.78 is 0. The summed E-state index contributed by atoms with van der Waals surface area (Å²) in [5, 5.41) is 12.3. The molecule has 1 aromatic rings. The van der Waals surface area contributed by atoms with E-state index >= 15 is 0 Å². The summed E-state index contributed by atoms with van der Waals surface area (Å²) in [7, 11) is 0. The van der Waals surface area contributed by atoms with Gasteiger partial charge in [-0.3, -0.25) is 14.4 Å². The van der Waals surface area contributed by atoms with Gasteiger partial charge in [0.15, 0.2) is 0 Å². The standard InChI is InChI=1S/C20H28N2O4S/c1-14-6-4-7-15(12-14)17(23)21-16(8-11-27-3)18(24)22-10-5-9-20(2,13-22)19(25)26/h4,6-7,12,16H,5,8-11,13H2,1-3H3,(H,21,23)(H,25,26). The Balaban J connectivity index is 2.13. The number of piperidine rings is 1. The molecule has 1 heterocycles. The molecule has 1 aliphatic rings. The summed E-state index contributed by atoms with van der Waals surface area (Å²) in [5.74, 6) is -0.632. The number of nitrogens with zero attached hydrogens (tertiary/aromatic N) is 1. The van der Waals surface area contributed by atoms with Crippen LogP contribution in [0, 0.1) is 12.3 Å². The molecule has 1 aromatic carbocycles. The minimum atomic E-state index is -0.932. The van der Waals surface area contributed by atoms with Crippen molar-refractivity contribution in [2.24, 2.45) is 5.41 Å². The van der Waals surface area contributed by atoms with E-state index in [0.717, 1.165) is 11.3 Å². The molecular weight excluding hydrogens is 364 g/mol. The van der Waals surface area contributed by atoms with Crippen LogP contribution >= 0.6 is 11.8 Å². The van der Waals surface area contributed by atoms with E-state index in [1.165, 1.54) is 0 Å². The second-order valence-corrected chi connectivity index (χ2v) is 8.39. The third-order valence-corrected chi connectivity index (χ3v) is 5.66. The van der Waals surface area contributed by atoms with Crippen LogP contribution < -0.4 is 5.32 Å². The molecule has 0 radical (unpaired) electrons. The lowest BCUT2D eigenvalue weighted by atomic mass is 9.82. The third-order valence-electron chi connectivity index (χ3n) is 5.02. The van der Waals surface area contributed by atoms with Gasteiger partial charge in [-0.05, 0) is 57.3 Å². The lowest BCUT2D eigenvalue weighted by Crippen LogP contribution is -2.54. The van der Waals surface area contributed by atoms with Crippen molar-refractivity contribution in [3.8, 4) is 0 Å². The maximum absolute atomic E-state index is 13.1. The molecule has 2 N–H and O–H groups in total. The summed E-state index contributed by atoms with van der Waals surface area (Å²) in [6.45, 7) is 4.29. The average Bonchev–Trinajstić information content (AvgIpc) is 2.64. The molecule has 1 saturated heterocycles. The Labute approximate surface area is 164 Å². The first-order chi connectivity index (χ1) is 12.8. The number of carbonyl (C=O) groups excluding carboxylic acids is 2. The van der Waals surface area contributed by atoms with E-state index in [2.05, 4.69) is 5.32 Å². The smallest absolute Gasteiger partial charge is 0.311 e. The van der Waals surface area contributed by atoms with Crippen LogP contribution in [0.3, 0.4) is 0 Å². The van der Waals surface area contributed by atoms with Gasteiger partial charge in [0.2, 0.25) is 5.91 Å². The number of hydrogen-bond acceptors (Lipinski definition) is 4. The van der Waals surface area contributed by atoms with E-state index in [-0.39, 0.29) is 18.4 Å². The number of aliphatic carboxylic acids is 1. The van der Waals surface area contributed by atoms with Crippen molar-refractivity contribution in [3.05, 3.63) is 35.4 Å². The van der Waals surface area contributed by atoms with Gasteiger partial charge in [0.25, 0.3) is 5.91 Å². The van der Waals surface area contributed by atoms with E-state index in [1.54, 1.807) is 35.7 Å². The molecule has 2 unspecified atom stereocenters. The fourth-order valence-electron chi connectivity index (χ4n) is 3.34. The molecule has 2 amide bonds. The SMILES string of the molecule is CSCCC(NC(=O)c1cccc(C)c1)C(=O)N1CCCC(C)(C(=O)O)C1. The zero-order valence-corrected chi connectivity index (χ0v) is 17.0. The highest BCUT2D eigenvalue weighted by Gasteiger charge is 2.40. The van der Waals surface area contributed by atoms with Crippen LogP contribution in [-0.2, 0) is 9.59 Å². The highest BCUT2D eigenvalue weighted by Crippen LogP contribution is 2.30. The Morgan fingerprint density at radius 3 is 2.74 bits per heavy atom. The number of benzene rings is 1. The van der Waals surface area contributed by atoms with Crippen molar-refractivity contribution in [1.82, 2.24) is 10.2 Å². The number of carboxylic acids is 1. The first kappa shape index (κ1) is 21.3. The molecule has 0 bridgehead atoms. The van der Waals surface area contributed by atoms with Crippen LogP contribution in [0.1, 0.15) is 42.1 Å². The Kier molecular flexibility index (Phi) is 7.30. The molecular formula is C20H28N2O4S. The van der Waals surface area contributed by atoms with Gasteiger partial charge >= 0.3 is 5.97 Å². The number of carbonyl (C=O) groups is 3. The number of likely N-dealkylation sites (tertiary alicyclic amines) is 1. The highest BCUT2D eigenvalue weighted by atomic mass is 32.2. The lowest BCUT2D eigenvalue weighted by Gasteiger charge is -2.39. The minimum Gasteiger partial charge on any atom is -0.481 e. The molecule has 2 atom stereocenters. The molecule has 148 valence electrons. The van der Waals surface area contributed by atoms with Crippen LogP contribution in [0.5, 0.6) is 0 Å². The normalized spacial score (nSPS) is 20.8. The van der Waals surface area contributed by atoms with Crippen molar-refractivity contribution in [3.63, 3.8) is 0 Å². The first-order valence-corrected chi connectivity index (χ1v) is 10.5. The Hall–Kier alpha value is -2.02. The van der Waals surface area contributed by atoms with E-state index in [9.17, 15) is 19.5 Å². The molecule has 2 rings (SSSR count). The molecule has 0 aliphatic carbocycles. The summed E-state index contributed by atoms with van der Waals surface area (Å²) in [5.41, 5.74) is 0.562. The number of carboxylic acid groups (broad SMARTS) is 1. The molecule has 27 heavy (non-hydrogen) atoms. The first-order valence-electron chi connectivity index (χ1n) is 9.15. The highest BCUT2D eigenvalue weighted by molar-refractivity contribution is 7.98.